The van der Waals surface area contributed by atoms with Crippen molar-refractivity contribution in [1.82, 2.24) is 0 Å². The summed E-state index contributed by atoms with van der Waals surface area (Å²) in [4.78, 5) is 31.7. The quantitative estimate of drug-likeness (QED) is 0.123. The standard InChI is InChI=1S/C39H25N3O2S2Si/c1-22(19-40)34-26-9-3-5-11-28(26)36(43)30(34)15-24-17-32-38(45-24)39-33(47(32)13-7-2-8-14-47)18-25(46-39)16-31-35(23(20-41)21-42)27-10-4-6-12-29(27)37(31)44/h3-6,9-12,15-18H,2,7-8,13-14H2,1H3/b30-15-,31-16-,34-22?. The molecule has 8 heteroatoms. The number of nitriles is 3. The molecule has 4 heterocycles. The number of Topliss-reactive ketones (excluding diaryl/α,β-unsaturated/α-hetero) is 2. The molecule has 2 aliphatic heterocycles. The lowest BCUT2D eigenvalue weighted by atomic mass is 9.99. The molecular formula is C39H25N3O2S2Si. The molecule has 4 aromatic rings. The van der Waals surface area contributed by atoms with Gasteiger partial charge in [-0.15, -0.1) is 22.7 Å². The summed E-state index contributed by atoms with van der Waals surface area (Å²) in [5.41, 5.74) is 5.18. The molecule has 2 aromatic heterocycles. The molecule has 0 N–H and O–H groups in total. The Morgan fingerprint density at radius 3 is 1.64 bits per heavy atom. The Labute approximate surface area is 281 Å². The Balaban J connectivity index is 1.27. The van der Waals surface area contributed by atoms with Gasteiger partial charge in [0.1, 0.15) is 25.8 Å². The average molecular weight is 660 g/mol. The molecule has 1 saturated heterocycles. The van der Waals surface area contributed by atoms with E-state index in [9.17, 15) is 25.4 Å². The molecular weight excluding hydrogens is 635 g/mol. The number of allylic oxidation sites excluding steroid dienone is 6. The fraction of sp³-hybridized carbons (Fsp3) is 0.154. The van der Waals surface area contributed by atoms with Gasteiger partial charge in [-0.2, -0.15) is 15.8 Å². The molecule has 0 unspecified atom stereocenters. The highest BCUT2D eigenvalue weighted by molar-refractivity contribution is 7.29. The first kappa shape index (κ1) is 29.2. The monoisotopic (exact) mass is 659 g/mol. The smallest absolute Gasteiger partial charge is 0.194 e. The minimum atomic E-state index is -2.08. The summed E-state index contributed by atoms with van der Waals surface area (Å²) in [6.45, 7) is 1.77. The highest BCUT2D eigenvalue weighted by atomic mass is 32.1. The highest BCUT2D eigenvalue weighted by Gasteiger charge is 2.48. The summed E-state index contributed by atoms with van der Waals surface area (Å²) < 4.78 is 0. The average Bonchev–Trinajstić information content (AvgIpc) is 3.88. The van der Waals surface area contributed by atoms with E-state index in [2.05, 4.69) is 18.2 Å². The maximum atomic E-state index is 13.6. The van der Waals surface area contributed by atoms with E-state index >= 15 is 0 Å². The van der Waals surface area contributed by atoms with E-state index in [-0.39, 0.29) is 17.1 Å². The number of hydrogen-bond acceptors (Lipinski definition) is 7. The second-order valence-corrected chi connectivity index (χ2v) is 18.8. The van der Waals surface area contributed by atoms with Gasteiger partial charge in [0.25, 0.3) is 0 Å². The predicted molar refractivity (Wildman–Crippen MR) is 190 cm³/mol. The highest BCUT2D eigenvalue weighted by Crippen LogP contribution is 2.47. The zero-order chi connectivity index (χ0) is 32.4. The largest absolute Gasteiger partial charge is 0.289 e. The summed E-state index contributed by atoms with van der Waals surface area (Å²) in [6, 6.07) is 27.9. The van der Waals surface area contributed by atoms with Crippen LogP contribution in [0.3, 0.4) is 0 Å². The fourth-order valence-corrected chi connectivity index (χ4v) is 17.2. The minimum absolute atomic E-state index is 0.0469. The van der Waals surface area contributed by atoms with Crippen molar-refractivity contribution in [3.05, 3.63) is 115 Å². The molecule has 1 fully saturated rings. The lowest BCUT2D eigenvalue weighted by Gasteiger charge is -2.32. The second kappa shape index (κ2) is 11.0. The van der Waals surface area contributed by atoms with Gasteiger partial charge in [-0.25, -0.2) is 0 Å². The number of rotatable bonds is 2. The van der Waals surface area contributed by atoms with E-state index < -0.39 is 8.07 Å². The maximum Gasteiger partial charge on any atom is 0.194 e. The Morgan fingerprint density at radius 1 is 0.681 bits per heavy atom. The number of hydrogen-bond donors (Lipinski definition) is 0. The topological polar surface area (TPSA) is 106 Å². The van der Waals surface area contributed by atoms with E-state index in [0.29, 0.717) is 39.0 Å². The molecule has 2 aliphatic carbocycles. The SMILES string of the molecule is CC(C#N)=C1/C(=C/c2cc3c(s2)-c2sc(/C=C4\C(=O)c5ccccc5C4=C(C#N)C#N)cc2[Si]32CCCCC2)C(=O)c2ccccc21. The van der Waals surface area contributed by atoms with Crippen LogP contribution in [0, 0.1) is 34.0 Å². The molecule has 2 aromatic carbocycles. The van der Waals surface area contributed by atoms with Crippen molar-refractivity contribution in [2.45, 2.75) is 38.3 Å². The van der Waals surface area contributed by atoms with Crippen LogP contribution in [0.1, 0.15) is 67.8 Å². The molecule has 0 atom stereocenters. The summed E-state index contributed by atoms with van der Waals surface area (Å²) in [5.74, 6) is -0.212. The van der Waals surface area contributed by atoms with Gasteiger partial charge in [-0.1, -0.05) is 67.8 Å². The van der Waals surface area contributed by atoms with Crippen LogP contribution in [-0.4, -0.2) is 19.6 Å². The first-order valence-corrected chi connectivity index (χ1v) is 19.6. The zero-order valence-corrected chi connectivity index (χ0v) is 28.1. The number of nitrogens with zero attached hydrogens (tertiary/aromatic N) is 3. The number of thiophene rings is 2. The lowest BCUT2D eigenvalue weighted by molar-refractivity contribution is 0.103. The third kappa shape index (κ3) is 4.22. The van der Waals surface area contributed by atoms with E-state index in [1.807, 2.05) is 54.6 Å². The van der Waals surface area contributed by atoms with E-state index in [0.717, 1.165) is 33.0 Å². The number of carbonyl (C=O) groups excluding carboxylic acids is 2. The van der Waals surface area contributed by atoms with Crippen LogP contribution in [0.4, 0.5) is 0 Å². The molecule has 47 heavy (non-hydrogen) atoms. The van der Waals surface area contributed by atoms with Crippen LogP contribution in [0.25, 0.3) is 33.1 Å². The van der Waals surface area contributed by atoms with Gasteiger partial charge < -0.3 is 0 Å². The number of ketones is 2. The summed E-state index contributed by atoms with van der Waals surface area (Å²) in [7, 11) is -2.08. The molecule has 224 valence electrons. The predicted octanol–water partition coefficient (Wildman–Crippen LogP) is 8.19. The first-order chi connectivity index (χ1) is 22.9. The van der Waals surface area contributed by atoms with Gasteiger partial charge in [-0.3, -0.25) is 9.59 Å². The Kier molecular flexibility index (Phi) is 6.83. The summed E-state index contributed by atoms with van der Waals surface area (Å²) >= 11 is 3.38. The third-order valence-corrected chi connectivity index (χ3v) is 17.9. The van der Waals surface area contributed by atoms with Crippen LogP contribution in [0.5, 0.6) is 0 Å². The van der Waals surface area contributed by atoms with Crippen molar-refractivity contribution in [3.63, 3.8) is 0 Å². The normalized spacial score (nSPS) is 19.7. The van der Waals surface area contributed by atoms with Crippen LogP contribution in [0.2, 0.25) is 12.1 Å². The van der Waals surface area contributed by atoms with Crippen molar-refractivity contribution < 1.29 is 9.59 Å². The molecule has 0 bridgehead atoms. The lowest BCUT2D eigenvalue weighted by Crippen LogP contribution is -2.55. The molecule has 5 nitrogen and oxygen atoms in total. The zero-order valence-electron chi connectivity index (χ0n) is 25.4. The van der Waals surface area contributed by atoms with Crippen LogP contribution in [0.15, 0.2) is 83.0 Å². The maximum absolute atomic E-state index is 13.6. The molecule has 4 aliphatic rings. The van der Waals surface area contributed by atoms with Gasteiger partial charge in [0.15, 0.2) is 11.6 Å². The van der Waals surface area contributed by atoms with Crippen molar-refractivity contribution in [2.75, 3.05) is 0 Å². The van der Waals surface area contributed by atoms with Crippen molar-refractivity contribution in [3.8, 4) is 28.0 Å². The van der Waals surface area contributed by atoms with Gasteiger partial charge in [-0.05, 0) is 64.8 Å². The number of fused-ring (bicyclic) bond motifs is 7. The Bertz CT molecular complexity index is 2360. The number of carbonyl (C=O) groups is 2. The van der Waals surface area contributed by atoms with Crippen molar-refractivity contribution >= 4 is 76.0 Å². The summed E-state index contributed by atoms with van der Waals surface area (Å²) in [6.07, 6.45) is 7.45. The van der Waals surface area contributed by atoms with Gasteiger partial charge >= 0.3 is 0 Å². The first-order valence-electron chi connectivity index (χ1n) is 15.6. The van der Waals surface area contributed by atoms with Gasteiger partial charge in [0, 0.05) is 58.5 Å². The van der Waals surface area contributed by atoms with Crippen LogP contribution >= 0.6 is 22.7 Å². The van der Waals surface area contributed by atoms with Crippen molar-refractivity contribution in [2.24, 2.45) is 0 Å². The van der Waals surface area contributed by atoms with E-state index in [1.165, 1.54) is 39.4 Å². The van der Waals surface area contributed by atoms with Crippen LogP contribution in [-0.2, 0) is 0 Å². The fourth-order valence-electron chi connectivity index (χ4n) is 7.88. The molecule has 0 amide bonds. The van der Waals surface area contributed by atoms with E-state index in [1.54, 1.807) is 47.8 Å². The second-order valence-electron chi connectivity index (χ2n) is 12.4. The Hall–Kier alpha value is -5.17. The van der Waals surface area contributed by atoms with Gasteiger partial charge in [0.05, 0.1) is 6.07 Å². The van der Waals surface area contributed by atoms with Gasteiger partial charge in [0.2, 0.25) is 0 Å². The van der Waals surface area contributed by atoms with Crippen LogP contribution < -0.4 is 10.4 Å². The molecule has 0 radical (unpaired) electrons. The van der Waals surface area contributed by atoms with E-state index in [4.69, 9.17) is 0 Å². The number of benzene rings is 2. The summed E-state index contributed by atoms with van der Waals surface area (Å²) in [5, 5.41) is 32.2. The molecule has 8 rings (SSSR count). The third-order valence-electron chi connectivity index (χ3n) is 9.95. The minimum Gasteiger partial charge on any atom is -0.289 e. The van der Waals surface area contributed by atoms with Crippen molar-refractivity contribution in [1.29, 1.82) is 15.8 Å². The molecule has 1 spiro atoms. The Morgan fingerprint density at radius 2 is 1.15 bits per heavy atom. The molecule has 0 saturated carbocycles.